The molecule has 0 aliphatic carbocycles. The average molecular weight is 226 g/mol. The van der Waals surface area contributed by atoms with Crippen molar-refractivity contribution in [2.24, 2.45) is 0 Å². The van der Waals surface area contributed by atoms with Crippen molar-refractivity contribution < 1.29 is 24.2 Å². The van der Waals surface area contributed by atoms with Crippen molar-refractivity contribution >= 4 is 7.32 Å². The molecule has 0 spiro atoms. The Kier molecular flexibility index (Phi) is 5.70. The summed E-state index contributed by atoms with van der Waals surface area (Å²) in [5.74, 6) is 1.08. The number of ether oxygens (including phenoxy) is 2. The van der Waals surface area contributed by atoms with Crippen molar-refractivity contribution in [3.05, 3.63) is 24.3 Å². The van der Waals surface area contributed by atoms with Crippen LogP contribution in [0.4, 0.5) is 0 Å². The van der Waals surface area contributed by atoms with Gasteiger partial charge in [0.1, 0.15) is 11.5 Å². The van der Waals surface area contributed by atoms with Gasteiger partial charge in [0, 0.05) is 20.1 Å². The zero-order chi connectivity index (χ0) is 11.8. The summed E-state index contributed by atoms with van der Waals surface area (Å²) in [5.41, 5.74) is 0. The summed E-state index contributed by atoms with van der Waals surface area (Å²) < 4.78 is 14.9. The van der Waals surface area contributed by atoms with Crippen LogP contribution in [-0.2, 0) is 4.74 Å². The second-order valence-corrected chi connectivity index (χ2v) is 3.11. The number of rotatable bonds is 7. The molecule has 1 aromatic rings. The van der Waals surface area contributed by atoms with E-state index < -0.39 is 7.32 Å². The van der Waals surface area contributed by atoms with Crippen molar-refractivity contribution in [3.63, 3.8) is 0 Å². The van der Waals surface area contributed by atoms with Gasteiger partial charge in [-0.2, -0.15) is 0 Å². The molecule has 2 N–H and O–H groups in total. The van der Waals surface area contributed by atoms with E-state index in [1.54, 1.807) is 31.4 Å². The highest BCUT2D eigenvalue weighted by molar-refractivity contribution is 6.33. The largest absolute Gasteiger partial charge is 0.707 e. The number of hydrogen-bond acceptors (Lipinski definition) is 5. The molecule has 16 heavy (non-hydrogen) atoms. The first-order valence-corrected chi connectivity index (χ1v) is 4.97. The maximum Gasteiger partial charge on any atom is 0.707 e. The van der Waals surface area contributed by atoms with Crippen LogP contribution in [0.25, 0.3) is 0 Å². The van der Waals surface area contributed by atoms with E-state index in [0.717, 1.165) is 6.42 Å². The van der Waals surface area contributed by atoms with Crippen LogP contribution in [0.1, 0.15) is 6.42 Å². The van der Waals surface area contributed by atoms with Crippen LogP contribution < -0.4 is 9.39 Å². The molecule has 0 fully saturated rings. The summed E-state index contributed by atoms with van der Waals surface area (Å²) in [6.45, 7) is 1.24. The molecular formula is C10H15BO5. The van der Waals surface area contributed by atoms with Gasteiger partial charge in [-0.3, -0.25) is 0 Å². The van der Waals surface area contributed by atoms with E-state index in [9.17, 15) is 0 Å². The Morgan fingerprint density at radius 3 is 2.25 bits per heavy atom. The minimum Gasteiger partial charge on any atom is -0.512 e. The second-order valence-electron chi connectivity index (χ2n) is 3.11. The molecule has 0 saturated heterocycles. The molecule has 88 valence electrons. The standard InChI is InChI=1S/C10H15BO5/c1-14-7-2-8-15-9-3-5-10(6-4-9)16-11(12)13/h3-6,12-13H,2,7-8H2,1H3. The molecule has 0 amide bonds. The quantitative estimate of drug-likeness (QED) is 0.521. The fourth-order valence-corrected chi connectivity index (χ4v) is 1.13. The van der Waals surface area contributed by atoms with Crippen LogP contribution >= 0.6 is 0 Å². The van der Waals surface area contributed by atoms with Crippen molar-refractivity contribution in [2.75, 3.05) is 20.3 Å². The SMILES string of the molecule is COCCCOc1ccc(OB(O)O)cc1. The number of hydrogen-bond donors (Lipinski definition) is 2. The van der Waals surface area contributed by atoms with Crippen LogP contribution in [0.3, 0.4) is 0 Å². The molecule has 0 aliphatic heterocycles. The van der Waals surface area contributed by atoms with Gasteiger partial charge in [0.2, 0.25) is 0 Å². The van der Waals surface area contributed by atoms with E-state index in [1.165, 1.54) is 0 Å². The summed E-state index contributed by atoms with van der Waals surface area (Å²) >= 11 is 0. The zero-order valence-corrected chi connectivity index (χ0v) is 9.13. The molecule has 0 atom stereocenters. The summed E-state index contributed by atoms with van der Waals surface area (Å²) in [7, 11) is -0.153. The van der Waals surface area contributed by atoms with E-state index in [1.807, 2.05) is 0 Å². The molecule has 0 aromatic heterocycles. The smallest absolute Gasteiger partial charge is 0.512 e. The third kappa shape index (κ3) is 5.02. The van der Waals surface area contributed by atoms with Gasteiger partial charge in [0.25, 0.3) is 0 Å². The number of benzene rings is 1. The monoisotopic (exact) mass is 226 g/mol. The van der Waals surface area contributed by atoms with Gasteiger partial charge >= 0.3 is 7.32 Å². The summed E-state index contributed by atoms with van der Waals surface area (Å²) in [4.78, 5) is 0. The first-order chi connectivity index (χ1) is 7.72. The first kappa shape index (κ1) is 12.8. The maximum atomic E-state index is 8.56. The predicted octanol–water partition coefficient (Wildman–Crippen LogP) is 0.450. The predicted molar refractivity (Wildman–Crippen MR) is 59.2 cm³/mol. The lowest BCUT2D eigenvalue weighted by atomic mass is 10.2. The second kappa shape index (κ2) is 7.11. The minimum absolute atomic E-state index is 0.374. The first-order valence-electron chi connectivity index (χ1n) is 4.97. The van der Waals surface area contributed by atoms with E-state index in [-0.39, 0.29) is 0 Å². The molecule has 5 nitrogen and oxygen atoms in total. The molecule has 0 aliphatic rings. The van der Waals surface area contributed by atoms with Crippen molar-refractivity contribution in [1.82, 2.24) is 0 Å². The average Bonchev–Trinajstić information content (AvgIpc) is 2.26. The van der Waals surface area contributed by atoms with E-state index in [4.69, 9.17) is 19.5 Å². The van der Waals surface area contributed by atoms with Crippen molar-refractivity contribution in [2.45, 2.75) is 6.42 Å². The van der Waals surface area contributed by atoms with Crippen LogP contribution in [0, 0.1) is 0 Å². The molecule has 1 aromatic carbocycles. The topological polar surface area (TPSA) is 68.2 Å². The van der Waals surface area contributed by atoms with Gasteiger partial charge in [-0.25, -0.2) is 0 Å². The van der Waals surface area contributed by atoms with Crippen LogP contribution in [0.15, 0.2) is 24.3 Å². The maximum absolute atomic E-state index is 8.56. The Morgan fingerprint density at radius 1 is 1.06 bits per heavy atom. The fraction of sp³-hybridized carbons (Fsp3) is 0.400. The molecular weight excluding hydrogens is 211 g/mol. The van der Waals surface area contributed by atoms with E-state index in [0.29, 0.717) is 24.7 Å². The Morgan fingerprint density at radius 2 is 1.69 bits per heavy atom. The summed E-state index contributed by atoms with van der Waals surface area (Å²) in [5, 5.41) is 17.1. The Balaban J connectivity index is 2.33. The van der Waals surface area contributed by atoms with Crippen LogP contribution in [0.5, 0.6) is 11.5 Å². The molecule has 0 unspecified atom stereocenters. The van der Waals surface area contributed by atoms with Gasteiger partial charge in [-0.1, -0.05) is 0 Å². The highest BCUT2D eigenvalue weighted by Crippen LogP contribution is 2.17. The molecule has 0 saturated carbocycles. The zero-order valence-electron chi connectivity index (χ0n) is 9.13. The van der Waals surface area contributed by atoms with Crippen molar-refractivity contribution in [1.29, 1.82) is 0 Å². The van der Waals surface area contributed by atoms with Crippen molar-refractivity contribution in [3.8, 4) is 11.5 Å². The van der Waals surface area contributed by atoms with Gasteiger partial charge in [-0.15, -0.1) is 0 Å². The van der Waals surface area contributed by atoms with Gasteiger partial charge in [-0.05, 0) is 24.3 Å². The van der Waals surface area contributed by atoms with Gasteiger partial charge in [0.15, 0.2) is 0 Å². The highest BCUT2D eigenvalue weighted by atomic mass is 16.6. The normalized spacial score (nSPS) is 9.94. The van der Waals surface area contributed by atoms with Gasteiger partial charge in [0.05, 0.1) is 6.61 Å². The Labute approximate surface area is 94.7 Å². The Bertz CT molecular complexity index is 288. The van der Waals surface area contributed by atoms with Crippen LogP contribution in [-0.4, -0.2) is 37.7 Å². The van der Waals surface area contributed by atoms with E-state index in [2.05, 4.69) is 4.65 Å². The Hall–Kier alpha value is -1.24. The lowest BCUT2D eigenvalue weighted by Crippen LogP contribution is -2.20. The third-order valence-corrected chi connectivity index (χ3v) is 1.83. The molecule has 1 rings (SSSR count). The molecule has 6 heteroatoms. The third-order valence-electron chi connectivity index (χ3n) is 1.83. The molecule has 0 heterocycles. The van der Waals surface area contributed by atoms with E-state index >= 15 is 0 Å². The lowest BCUT2D eigenvalue weighted by molar-refractivity contribution is 0.172. The van der Waals surface area contributed by atoms with Gasteiger partial charge < -0.3 is 24.2 Å². The summed E-state index contributed by atoms with van der Waals surface area (Å²) in [6.07, 6.45) is 0.824. The summed E-state index contributed by atoms with van der Waals surface area (Å²) in [6, 6.07) is 6.60. The minimum atomic E-state index is -1.80. The highest BCUT2D eigenvalue weighted by Gasteiger charge is 2.10. The fourth-order valence-electron chi connectivity index (χ4n) is 1.13. The molecule has 0 bridgehead atoms. The number of methoxy groups -OCH3 is 1. The molecule has 0 radical (unpaired) electrons. The lowest BCUT2D eigenvalue weighted by Gasteiger charge is -2.07. The van der Waals surface area contributed by atoms with Crippen LogP contribution in [0.2, 0.25) is 0 Å².